The number of rotatable bonds is 13. The number of carbonyl (C=O) groups is 3. The number of likely N-dealkylation sites (N-methyl/N-ethyl adjacent to an activating group) is 1. The van der Waals surface area contributed by atoms with Crippen molar-refractivity contribution in [2.75, 3.05) is 13.7 Å². The summed E-state index contributed by atoms with van der Waals surface area (Å²) in [6.07, 6.45) is -0.258. The van der Waals surface area contributed by atoms with Crippen molar-refractivity contribution in [1.29, 1.82) is 0 Å². The van der Waals surface area contributed by atoms with Crippen molar-refractivity contribution in [3.05, 3.63) is 130 Å². The monoisotopic (exact) mass is 722 g/mol. The summed E-state index contributed by atoms with van der Waals surface area (Å²) < 4.78 is 12.6. The standard InChI is InChI=1S/C44H51ClN2O5/c1-28(2)26-39(47(8)42(50)51-27-36-34-22-14-12-20-32(34)33-21-13-15-23-35(33)36)40(48)46-43(6,7)41(49)52-44(30(5)29(3)4,31-18-10-9-11-19-31)37-24-16-17-25-38(37)45/h9-25,28-30,36,39H,26-27H2,1-8H3,(H,46,48)/t30-,39+,44?/m1/s1. The van der Waals surface area contributed by atoms with Gasteiger partial charge in [0.15, 0.2) is 5.60 Å². The molecule has 1 N–H and O–H groups in total. The molecule has 0 bridgehead atoms. The molecule has 274 valence electrons. The number of esters is 1. The quantitative estimate of drug-likeness (QED) is 0.139. The van der Waals surface area contributed by atoms with Crippen LogP contribution < -0.4 is 5.32 Å². The summed E-state index contributed by atoms with van der Waals surface area (Å²) in [5, 5.41) is 3.40. The van der Waals surface area contributed by atoms with E-state index in [1.165, 1.54) is 4.90 Å². The van der Waals surface area contributed by atoms with E-state index in [4.69, 9.17) is 21.1 Å². The highest BCUT2D eigenvalue weighted by atomic mass is 35.5. The van der Waals surface area contributed by atoms with Crippen LogP contribution in [0.25, 0.3) is 11.1 Å². The van der Waals surface area contributed by atoms with E-state index in [2.05, 4.69) is 43.4 Å². The Kier molecular flexibility index (Phi) is 11.8. The van der Waals surface area contributed by atoms with Crippen molar-refractivity contribution in [2.45, 2.75) is 78.0 Å². The van der Waals surface area contributed by atoms with Crippen LogP contribution in [-0.4, -0.2) is 48.1 Å². The molecule has 0 fully saturated rings. The van der Waals surface area contributed by atoms with Gasteiger partial charge in [0, 0.05) is 35.0 Å². The van der Waals surface area contributed by atoms with Gasteiger partial charge in [-0.1, -0.05) is 143 Å². The average molecular weight is 723 g/mol. The molecule has 0 radical (unpaired) electrons. The number of carbonyl (C=O) groups excluding carboxylic acids is 3. The van der Waals surface area contributed by atoms with Crippen molar-refractivity contribution < 1.29 is 23.9 Å². The third kappa shape index (κ3) is 7.75. The number of nitrogens with one attached hydrogen (secondary N) is 1. The molecule has 52 heavy (non-hydrogen) atoms. The Labute approximate surface area is 313 Å². The Bertz CT molecular complexity index is 1840. The van der Waals surface area contributed by atoms with Crippen molar-refractivity contribution in [3.8, 4) is 11.1 Å². The lowest BCUT2D eigenvalue weighted by molar-refractivity contribution is -0.171. The third-order valence-corrected chi connectivity index (χ3v) is 10.7. The zero-order chi connectivity index (χ0) is 37.8. The average Bonchev–Trinajstić information content (AvgIpc) is 3.44. The Morgan fingerprint density at radius 1 is 0.788 bits per heavy atom. The number of amides is 2. The second kappa shape index (κ2) is 16.0. The molecule has 0 aliphatic heterocycles. The number of nitrogens with zero attached hydrogens (tertiary/aromatic N) is 1. The van der Waals surface area contributed by atoms with Gasteiger partial charge in [0.2, 0.25) is 5.91 Å². The molecule has 0 aromatic heterocycles. The molecule has 4 aromatic rings. The van der Waals surface area contributed by atoms with Gasteiger partial charge in [-0.15, -0.1) is 0 Å². The molecule has 1 aliphatic rings. The molecule has 0 heterocycles. The molecule has 0 saturated heterocycles. The lowest BCUT2D eigenvalue weighted by atomic mass is 9.72. The lowest BCUT2D eigenvalue weighted by Gasteiger charge is -2.43. The fraction of sp³-hybridized carbons (Fsp3) is 0.386. The Morgan fingerprint density at radius 3 is 1.88 bits per heavy atom. The first-order valence-electron chi connectivity index (χ1n) is 18.1. The summed E-state index contributed by atoms with van der Waals surface area (Å²) in [5.74, 6) is -1.29. The van der Waals surface area contributed by atoms with Crippen LogP contribution in [0.4, 0.5) is 4.79 Å². The molecule has 8 heteroatoms. The molecule has 3 atom stereocenters. The highest BCUT2D eigenvalue weighted by Crippen LogP contribution is 2.47. The highest BCUT2D eigenvalue weighted by Gasteiger charge is 2.49. The minimum Gasteiger partial charge on any atom is -0.448 e. The number of fused-ring (bicyclic) bond motifs is 3. The van der Waals surface area contributed by atoms with E-state index in [0.717, 1.165) is 27.8 Å². The molecule has 1 unspecified atom stereocenters. The smallest absolute Gasteiger partial charge is 0.410 e. The van der Waals surface area contributed by atoms with Crippen molar-refractivity contribution in [2.24, 2.45) is 17.8 Å². The van der Waals surface area contributed by atoms with Gasteiger partial charge in [-0.25, -0.2) is 9.59 Å². The zero-order valence-electron chi connectivity index (χ0n) is 31.5. The molecule has 7 nitrogen and oxygen atoms in total. The Balaban J connectivity index is 1.37. The number of halogens is 1. The van der Waals surface area contributed by atoms with E-state index in [0.29, 0.717) is 17.0 Å². The van der Waals surface area contributed by atoms with Crippen LogP contribution in [-0.2, 0) is 24.7 Å². The van der Waals surface area contributed by atoms with Crippen LogP contribution >= 0.6 is 11.6 Å². The Hall–Kier alpha value is -4.62. The van der Waals surface area contributed by atoms with E-state index in [9.17, 15) is 14.4 Å². The van der Waals surface area contributed by atoms with Crippen molar-refractivity contribution in [3.63, 3.8) is 0 Å². The fourth-order valence-corrected chi connectivity index (χ4v) is 7.49. The van der Waals surface area contributed by atoms with Gasteiger partial charge < -0.3 is 14.8 Å². The van der Waals surface area contributed by atoms with Crippen LogP contribution in [0.1, 0.15) is 83.1 Å². The molecule has 1 aliphatic carbocycles. The van der Waals surface area contributed by atoms with Gasteiger partial charge in [-0.05, 0) is 60.4 Å². The normalized spacial score (nSPS) is 14.9. The van der Waals surface area contributed by atoms with Crippen LogP contribution in [0.2, 0.25) is 5.02 Å². The SMILES string of the molecule is CC(C)C[C@@H](C(=O)NC(C)(C)C(=O)OC(c1ccccc1)(c1ccccc1Cl)[C@H](C)C(C)C)N(C)C(=O)OCC1c2ccccc2-c2ccccc21. The van der Waals surface area contributed by atoms with Gasteiger partial charge in [0.1, 0.15) is 18.2 Å². The second-order valence-corrected chi connectivity index (χ2v) is 15.6. The summed E-state index contributed by atoms with van der Waals surface area (Å²) in [7, 11) is 1.57. The first-order chi connectivity index (χ1) is 24.7. The summed E-state index contributed by atoms with van der Waals surface area (Å²) in [5.41, 5.74) is 3.16. The van der Waals surface area contributed by atoms with Gasteiger partial charge in [0.05, 0.1) is 0 Å². The number of hydrogen-bond donors (Lipinski definition) is 1. The summed E-state index contributed by atoms with van der Waals surface area (Å²) in [6, 6.07) is 32.4. The maximum absolute atomic E-state index is 14.4. The van der Waals surface area contributed by atoms with Crippen LogP contribution in [0.3, 0.4) is 0 Å². The first kappa shape index (κ1) is 38.6. The predicted octanol–water partition coefficient (Wildman–Crippen LogP) is 9.61. The van der Waals surface area contributed by atoms with Crippen molar-refractivity contribution >= 4 is 29.6 Å². The maximum Gasteiger partial charge on any atom is 0.410 e. The zero-order valence-corrected chi connectivity index (χ0v) is 32.2. The molecule has 4 aromatic carbocycles. The van der Waals surface area contributed by atoms with Gasteiger partial charge in [-0.2, -0.15) is 0 Å². The second-order valence-electron chi connectivity index (χ2n) is 15.2. The van der Waals surface area contributed by atoms with E-state index in [1.807, 2.05) is 93.6 Å². The summed E-state index contributed by atoms with van der Waals surface area (Å²) in [4.78, 5) is 43.5. The minimum atomic E-state index is -1.48. The van der Waals surface area contributed by atoms with Gasteiger partial charge >= 0.3 is 12.1 Å². The highest BCUT2D eigenvalue weighted by molar-refractivity contribution is 6.31. The summed E-state index contributed by atoms with van der Waals surface area (Å²) >= 11 is 6.85. The van der Waals surface area contributed by atoms with E-state index in [1.54, 1.807) is 27.0 Å². The van der Waals surface area contributed by atoms with E-state index >= 15 is 0 Å². The lowest BCUT2D eigenvalue weighted by Crippen LogP contribution is -2.59. The number of ether oxygens (including phenoxy) is 2. The number of benzene rings is 4. The molecule has 5 rings (SSSR count). The first-order valence-corrected chi connectivity index (χ1v) is 18.5. The minimum absolute atomic E-state index is 0.0625. The number of hydrogen-bond acceptors (Lipinski definition) is 5. The third-order valence-electron chi connectivity index (χ3n) is 10.4. The van der Waals surface area contributed by atoms with Crippen LogP contribution in [0, 0.1) is 17.8 Å². The predicted molar refractivity (Wildman–Crippen MR) is 207 cm³/mol. The van der Waals surface area contributed by atoms with E-state index < -0.39 is 35.2 Å². The molecule has 2 amide bonds. The van der Waals surface area contributed by atoms with Crippen LogP contribution in [0.15, 0.2) is 103 Å². The van der Waals surface area contributed by atoms with E-state index in [-0.39, 0.29) is 30.3 Å². The summed E-state index contributed by atoms with van der Waals surface area (Å²) in [6.45, 7) is 13.5. The topological polar surface area (TPSA) is 84.9 Å². The molecule has 0 saturated carbocycles. The van der Waals surface area contributed by atoms with Crippen LogP contribution in [0.5, 0.6) is 0 Å². The fourth-order valence-electron chi connectivity index (χ4n) is 7.21. The molecule has 0 spiro atoms. The largest absolute Gasteiger partial charge is 0.448 e. The van der Waals surface area contributed by atoms with Gasteiger partial charge in [-0.3, -0.25) is 9.69 Å². The molecular weight excluding hydrogens is 672 g/mol. The van der Waals surface area contributed by atoms with Crippen molar-refractivity contribution in [1.82, 2.24) is 10.2 Å². The molecular formula is C44H51ClN2O5. The van der Waals surface area contributed by atoms with Gasteiger partial charge in [0.25, 0.3) is 0 Å². The maximum atomic E-state index is 14.4. The Morgan fingerprint density at radius 2 is 1.33 bits per heavy atom.